The lowest BCUT2D eigenvalue weighted by molar-refractivity contribution is 0.201. The Balaban J connectivity index is 1.96. The van der Waals surface area contributed by atoms with Crippen LogP contribution in [0.25, 0.3) is 5.70 Å². The number of hydrogen-bond acceptors (Lipinski definition) is 3. The zero-order chi connectivity index (χ0) is 10.4. The number of urea groups is 1. The lowest BCUT2D eigenvalue weighted by atomic mass is 10.2. The van der Waals surface area contributed by atoms with Crippen molar-refractivity contribution < 1.29 is 4.79 Å². The van der Waals surface area contributed by atoms with Crippen LogP contribution in [0.2, 0.25) is 0 Å². The molecule has 1 aromatic rings. The van der Waals surface area contributed by atoms with Crippen LogP contribution in [0.4, 0.5) is 4.79 Å². The van der Waals surface area contributed by atoms with Crippen LogP contribution < -0.4 is 0 Å². The number of nitrogens with zero attached hydrogens (tertiary/aromatic N) is 5. The van der Waals surface area contributed by atoms with Gasteiger partial charge in [-0.25, -0.2) is 9.48 Å². The van der Waals surface area contributed by atoms with Gasteiger partial charge in [0.15, 0.2) is 0 Å². The molecule has 1 saturated heterocycles. The molecule has 0 spiro atoms. The van der Waals surface area contributed by atoms with E-state index in [4.69, 9.17) is 0 Å². The second-order valence-corrected chi connectivity index (χ2v) is 3.85. The van der Waals surface area contributed by atoms with E-state index in [0.717, 1.165) is 12.2 Å². The van der Waals surface area contributed by atoms with Gasteiger partial charge in [-0.2, -0.15) is 0 Å². The fraction of sp³-hybridized carbons (Fsp3) is 0.444. The van der Waals surface area contributed by atoms with E-state index in [2.05, 4.69) is 16.4 Å². The Hall–Kier alpha value is -1.85. The van der Waals surface area contributed by atoms with E-state index in [9.17, 15) is 4.79 Å². The fourth-order valence-corrected chi connectivity index (χ4v) is 2.07. The minimum absolute atomic E-state index is 0.0892. The zero-order valence-corrected chi connectivity index (χ0v) is 8.37. The van der Waals surface area contributed by atoms with Gasteiger partial charge in [-0.1, -0.05) is 5.21 Å². The first-order chi connectivity index (χ1) is 7.25. The average molecular weight is 205 g/mol. The van der Waals surface area contributed by atoms with Gasteiger partial charge >= 0.3 is 6.03 Å². The van der Waals surface area contributed by atoms with Gasteiger partial charge in [-0.3, -0.25) is 0 Å². The molecule has 2 aliphatic heterocycles. The normalized spacial score (nSPS) is 24.7. The van der Waals surface area contributed by atoms with Crippen LogP contribution >= 0.6 is 0 Å². The van der Waals surface area contributed by atoms with Crippen LogP contribution in [0, 0.1) is 0 Å². The minimum atomic E-state index is 0.0892. The number of fused-ring (bicyclic) bond motifs is 2. The van der Waals surface area contributed by atoms with E-state index >= 15 is 0 Å². The molecule has 6 nitrogen and oxygen atoms in total. The number of amides is 2. The lowest BCUT2D eigenvalue weighted by Crippen LogP contribution is -2.31. The van der Waals surface area contributed by atoms with E-state index in [1.54, 1.807) is 22.0 Å². The first-order valence-electron chi connectivity index (χ1n) is 4.85. The summed E-state index contributed by atoms with van der Waals surface area (Å²) in [7, 11) is 1.83. The number of carbonyl (C=O) groups excluding carboxylic acids is 1. The Morgan fingerprint density at radius 3 is 3.07 bits per heavy atom. The smallest absolute Gasteiger partial charge is 0.319 e. The second kappa shape index (κ2) is 2.82. The van der Waals surface area contributed by atoms with Crippen LogP contribution in [-0.2, 0) is 0 Å². The van der Waals surface area contributed by atoms with Gasteiger partial charge in [0.2, 0.25) is 0 Å². The molecule has 0 radical (unpaired) electrons. The molecule has 15 heavy (non-hydrogen) atoms. The van der Waals surface area contributed by atoms with Crippen molar-refractivity contribution in [2.75, 3.05) is 20.1 Å². The molecule has 2 amide bonds. The van der Waals surface area contributed by atoms with Crippen molar-refractivity contribution in [3.05, 3.63) is 18.5 Å². The van der Waals surface area contributed by atoms with Gasteiger partial charge in [0.05, 0.1) is 30.7 Å². The second-order valence-electron chi connectivity index (χ2n) is 3.85. The number of hydrogen-bond donors (Lipinski definition) is 0. The highest BCUT2D eigenvalue weighted by atomic mass is 16.2. The molecular formula is C9H11N5O. The first kappa shape index (κ1) is 8.46. The van der Waals surface area contributed by atoms with Crippen molar-refractivity contribution in [2.24, 2.45) is 0 Å². The molecule has 2 bridgehead atoms. The molecule has 78 valence electrons. The maximum atomic E-state index is 11.7. The zero-order valence-electron chi connectivity index (χ0n) is 8.37. The van der Waals surface area contributed by atoms with Crippen molar-refractivity contribution in [3.63, 3.8) is 0 Å². The fourth-order valence-electron chi connectivity index (χ4n) is 2.07. The molecule has 1 atom stereocenters. The molecule has 1 fully saturated rings. The Morgan fingerprint density at radius 2 is 2.40 bits per heavy atom. The standard InChI is InChI=1S/C9H11N5O/c1-12-7-4-8(14-3-2-10-11-14)6-13(5-7)9(12)15/h2-4,7H,5-6H2,1H3. The number of carbonyl (C=O) groups is 1. The maximum absolute atomic E-state index is 11.7. The summed E-state index contributed by atoms with van der Waals surface area (Å²) >= 11 is 0. The Kier molecular flexibility index (Phi) is 1.59. The average Bonchev–Trinajstić information content (AvgIpc) is 2.84. The summed E-state index contributed by atoms with van der Waals surface area (Å²) < 4.78 is 1.71. The van der Waals surface area contributed by atoms with E-state index in [0.29, 0.717) is 6.54 Å². The molecule has 3 rings (SSSR count). The van der Waals surface area contributed by atoms with Gasteiger partial charge in [-0.15, -0.1) is 5.10 Å². The molecule has 6 heteroatoms. The van der Waals surface area contributed by atoms with E-state index in [1.165, 1.54) is 0 Å². The Labute approximate surface area is 86.8 Å². The molecular weight excluding hydrogens is 194 g/mol. The number of rotatable bonds is 1. The third-order valence-electron chi connectivity index (χ3n) is 2.93. The van der Waals surface area contributed by atoms with Gasteiger partial charge < -0.3 is 9.80 Å². The Morgan fingerprint density at radius 1 is 1.53 bits per heavy atom. The van der Waals surface area contributed by atoms with Crippen molar-refractivity contribution >= 4 is 11.7 Å². The predicted molar refractivity (Wildman–Crippen MR) is 52.8 cm³/mol. The van der Waals surface area contributed by atoms with Crippen LogP contribution in [0.5, 0.6) is 0 Å². The monoisotopic (exact) mass is 205 g/mol. The highest BCUT2D eigenvalue weighted by molar-refractivity contribution is 5.80. The van der Waals surface area contributed by atoms with Gasteiger partial charge in [0.25, 0.3) is 0 Å². The molecule has 2 aliphatic rings. The van der Waals surface area contributed by atoms with Crippen molar-refractivity contribution in [1.82, 2.24) is 24.8 Å². The summed E-state index contributed by atoms with van der Waals surface area (Å²) in [5.74, 6) is 0. The van der Waals surface area contributed by atoms with Crippen LogP contribution in [0.15, 0.2) is 18.5 Å². The van der Waals surface area contributed by atoms with Crippen LogP contribution in [0.1, 0.15) is 0 Å². The van der Waals surface area contributed by atoms with E-state index in [1.807, 2.05) is 11.9 Å². The van der Waals surface area contributed by atoms with E-state index < -0.39 is 0 Å². The minimum Gasteiger partial charge on any atom is -0.319 e. The molecule has 1 unspecified atom stereocenters. The van der Waals surface area contributed by atoms with Crippen molar-refractivity contribution in [2.45, 2.75) is 6.04 Å². The molecule has 0 aromatic carbocycles. The quantitative estimate of drug-likeness (QED) is 0.641. The predicted octanol–water partition coefficient (Wildman–Crippen LogP) is -0.131. The summed E-state index contributed by atoms with van der Waals surface area (Å²) in [5, 5.41) is 7.69. The SMILES string of the molecule is CN1C(=O)N2CC(n3ccnn3)=CC1C2. The molecule has 0 N–H and O–H groups in total. The first-order valence-corrected chi connectivity index (χ1v) is 4.85. The highest BCUT2D eigenvalue weighted by Gasteiger charge is 2.37. The van der Waals surface area contributed by atoms with Gasteiger partial charge in [0.1, 0.15) is 0 Å². The lowest BCUT2D eigenvalue weighted by Gasteiger charge is -2.20. The van der Waals surface area contributed by atoms with E-state index in [-0.39, 0.29) is 12.1 Å². The molecule has 1 aromatic heterocycles. The van der Waals surface area contributed by atoms with Crippen LogP contribution in [-0.4, -0.2) is 57.0 Å². The number of likely N-dealkylation sites (N-methyl/N-ethyl adjacent to an activating group) is 1. The summed E-state index contributed by atoms with van der Waals surface area (Å²) in [6, 6.07) is 0.261. The van der Waals surface area contributed by atoms with Gasteiger partial charge in [0, 0.05) is 13.6 Å². The largest absolute Gasteiger partial charge is 0.320 e. The maximum Gasteiger partial charge on any atom is 0.320 e. The summed E-state index contributed by atoms with van der Waals surface area (Å²) in [5.41, 5.74) is 1.02. The molecule has 0 aliphatic carbocycles. The summed E-state index contributed by atoms with van der Waals surface area (Å²) in [6.45, 7) is 1.40. The molecule has 3 heterocycles. The highest BCUT2D eigenvalue weighted by Crippen LogP contribution is 2.24. The third kappa shape index (κ3) is 1.14. The summed E-state index contributed by atoms with van der Waals surface area (Å²) in [6.07, 6.45) is 5.51. The van der Waals surface area contributed by atoms with Crippen molar-refractivity contribution in [1.29, 1.82) is 0 Å². The number of aromatic nitrogens is 3. The van der Waals surface area contributed by atoms with Gasteiger partial charge in [-0.05, 0) is 6.08 Å². The van der Waals surface area contributed by atoms with Crippen LogP contribution in [0.3, 0.4) is 0 Å². The molecule has 0 saturated carbocycles. The summed E-state index contributed by atoms with van der Waals surface area (Å²) in [4.78, 5) is 15.3. The topological polar surface area (TPSA) is 54.3 Å². The third-order valence-corrected chi connectivity index (χ3v) is 2.93. The Bertz CT molecular complexity index is 424. The van der Waals surface area contributed by atoms with Crippen molar-refractivity contribution in [3.8, 4) is 0 Å².